The number of hydrogen-bond acceptors (Lipinski definition) is 6. The smallest absolute Gasteiger partial charge is 0.269 e. The predicted octanol–water partition coefficient (Wildman–Crippen LogP) is 3.54. The number of aromatic nitrogens is 2. The maximum Gasteiger partial charge on any atom is 0.269 e. The normalized spacial score (nSPS) is 14.2. The van der Waals surface area contributed by atoms with Crippen LogP contribution in [0.25, 0.3) is 16.5 Å². The fraction of sp³-hybridized carbons (Fsp3) is 0.130. The van der Waals surface area contributed by atoms with Crippen molar-refractivity contribution >= 4 is 38.0 Å². The second-order valence-corrected chi connectivity index (χ2v) is 9.92. The average Bonchev–Trinajstić information content (AvgIpc) is 3.26. The molecule has 1 aliphatic heterocycles. The minimum absolute atomic E-state index is 0.0810. The quantitative estimate of drug-likeness (QED) is 0.357. The molecule has 0 unspecified atom stereocenters. The maximum atomic E-state index is 13.0. The third-order valence-corrected chi connectivity index (χ3v) is 7.02. The third kappa shape index (κ3) is 3.96. The third-order valence-electron chi connectivity index (χ3n) is 5.58. The molecule has 5 rings (SSSR count). The van der Waals surface area contributed by atoms with Gasteiger partial charge >= 0.3 is 0 Å². The molecule has 4 aromatic rings. The van der Waals surface area contributed by atoms with E-state index in [1.165, 1.54) is 28.9 Å². The van der Waals surface area contributed by atoms with Crippen molar-refractivity contribution in [3.8, 4) is 5.69 Å². The molecule has 1 amide bonds. The maximum absolute atomic E-state index is 13.0. The van der Waals surface area contributed by atoms with Crippen LogP contribution in [0.4, 0.5) is 11.5 Å². The summed E-state index contributed by atoms with van der Waals surface area (Å²) >= 11 is 0. The molecule has 3 aromatic carbocycles. The molecule has 0 bridgehead atoms. The Morgan fingerprint density at radius 2 is 1.76 bits per heavy atom. The van der Waals surface area contributed by atoms with Gasteiger partial charge in [-0.3, -0.25) is 14.9 Å². The Balaban J connectivity index is 1.50. The fourth-order valence-electron chi connectivity index (χ4n) is 4.07. The minimum Gasteiger partial charge on any atom is -0.310 e. The van der Waals surface area contributed by atoms with Crippen LogP contribution in [0, 0.1) is 10.1 Å². The van der Waals surface area contributed by atoms with Gasteiger partial charge in [-0.05, 0) is 28.5 Å². The first-order valence-electron chi connectivity index (χ1n) is 10.1. The van der Waals surface area contributed by atoms with Crippen LogP contribution in [0.1, 0.15) is 16.8 Å². The summed E-state index contributed by atoms with van der Waals surface area (Å²) in [6, 6.07) is 19.2. The molecule has 0 radical (unpaired) electrons. The zero-order valence-electron chi connectivity index (χ0n) is 17.3. The van der Waals surface area contributed by atoms with Crippen LogP contribution in [0.2, 0.25) is 0 Å². The Kier molecular flexibility index (Phi) is 4.94. The highest BCUT2D eigenvalue weighted by Gasteiger charge is 2.33. The summed E-state index contributed by atoms with van der Waals surface area (Å²) in [5.74, 6) is -0.486. The summed E-state index contributed by atoms with van der Waals surface area (Å²) in [6.45, 7) is 0. The van der Waals surface area contributed by atoms with Crippen LogP contribution in [0.5, 0.6) is 0 Å². The molecule has 9 nitrogen and oxygen atoms in total. The van der Waals surface area contributed by atoms with Gasteiger partial charge in [0.25, 0.3) is 5.69 Å². The first kappa shape index (κ1) is 20.8. The first-order chi connectivity index (χ1) is 15.8. The number of hydrogen-bond donors (Lipinski definition) is 1. The molecule has 0 aliphatic carbocycles. The molecule has 1 aliphatic rings. The standard InChI is InChI=1S/C23H18N4O5S/c28-22(12-16-6-3-5-15-4-1-2-7-19(15)16)24-23-20-13-33(31,32)14-21(20)25-26(23)17-8-10-18(11-9-17)27(29)30/h1-11H,12-14H2,(H,24,28). The van der Waals surface area contributed by atoms with E-state index in [-0.39, 0.29) is 35.3 Å². The van der Waals surface area contributed by atoms with E-state index in [9.17, 15) is 23.3 Å². The zero-order valence-corrected chi connectivity index (χ0v) is 18.1. The van der Waals surface area contributed by atoms with Gasteiger partial charge in [0.05, 0.1) is 34.2 Å². The van der Waals surface area contributed by atoms with Crippen molar-refractivity contribution < 1.29 is 18.1 Å². The molecule has 0 saturated carbocycles. The lowest BCUT2D eigenvalue weighted by Crippen LogP contribution is -2.18. The van der Waals surface area contributed by atoms with Gasteiger partial charge in [-0.15, -0.1) is 0 Å². The molecule has 1 aromatic heterocycles. The minimum atomic E-state index is -3.34. The van der Waals surface area contributed by atoms with E-state index >= 15 is 0 Å². The Hall–Kier alpha value is -4.05. The molecule has 0 saturated heterocycles. The van der Waals surface area contributed by atoms with Gasteiger partial charge in [-0.25, -0.2) is 13.1 Å². The summed E-state index contributed by atoms with van der Waals surface area (Å²) in [6.07, 6.45) is 0.0916. The van der Waals surface area contributed by atoms with E-state index in [4.69, 9.17) is 0 Å². The van der Waals surface area contributed by atoms with E-state index < -0.39 is 14.8 Å². The van der Waals surface area contributed by atoms with Crippen molar-refractivity contribution in [3.63, 3.8) is 0 Å². The molecule has 2 heterocycles. The molecular weight excluding hydrogens is 444 g/mol. The van der Waals surface area contributed by atoms with Crippen molar-refractivity contribution in [1.29, 1.82) is 0 Å². The topological polar surface area (TPSA) is 124 Å². The number of anilines is 1. The van der Waals surface area contributed by atoms with Crippen LogP contribution in [-0.2, 0) is 32.6 Å². The van der Waals surface area contributed by atoms with Crippen molar-refractivity contribution in [2.24, 2.45) is 0 Å². The number of fused-ring (bicyclic) bond motifs is 2. The van der Waals surface area contributed by atoms with Gasteiger partial charge in [-0.2, -0.15) is 5.10 Å². The van der Waals surface area contributed by atoms with E-state index in [1.54, 1.807) is 0 Å². The number of benzene rings is 3. The van der Waals surface area contributed by atoms with Gasteiger partial charge in [-0.1, -0.05) is 42.5 Å². The molecule has 166 valence electrons. The lowest BCUT2D eigenvalue weighted by atomic mass is 10.0. The molecule has 0 spiro atoms. The van der Waals surface area contributed by atoms with E-state index in [1.807, 2.05) is 42.5 Å². The molecule has 0 atom stereocenters. The van der Waals surface area contributed by atoms with Crippen LogP contribution in [-0.4, -0.2) is 29.0 Å². The molecule has 33 heavy (non-hydrogen) atoms. The number of non-ortho nitro benzene ring substituents is 1. The van der Waals surface area contributed by atoms with Gasteiger partial charge in [0, 0.05) is 17.7 Å². The number of nitrogens with zero attached hydrogens (tertiary/aromatic N) is 3. The molecule has 0 fully saturated rings. The Labute approximate surface area is 188 Å². The van der Waals surface area contributed by atoms with E-state index in [0.29, 0.717) is 16.9 Å². The number of nitro benzene ring substituents is 1. The Bertz CT molecular complexity index is 1520. The van der Waals surface area contributed by atoms with E-state index in [0.717, 1.165) is 16.3 Å². The first-order valence-corrected chi connectivity index (χ1v) is 12.0. The molecule has 1 N–H and O–H groups in total. The number of sulfone groups is 1. The van der Waals surface area contributed by atoms with Gasteiger partial charge in [0.15, 0.2) is 9.84 Å². The SMILES string of the molecule is O=C(Cc1cccc2ccccc12)Nc1c2c(nn1-c1ccc([N+](=O)[O-])cc1)CS(=O)(=O)C2. The summed E-state index contributed by atoms with van der Waals surface area (Å²) in [7, 11) is -3.34. The summed E-state index contributed by atoms with van der Waals surface area (Å²) in [5, 5.41) is 20.2. The van der Waals surface area contributed by atoms with Crippen molar-refractivity contribution in [1.82, 2.24) is 9.78 Å². The monoisotopic (exact) mass is 462 g/mol. The van der Waals surface area contributed by atoms with Crippen LogP contribution in [0.15, 0.2) is 66.7 Å². The highest BCUT2D eigenvalue weighted by Crippen LogP contribution is 2.33. The van der Waals surface area contributed by atoms with Crippen LogP contribution >= 0.6 is 0 Å². The van der Waals surface area contributed by atoms with Crippen LogP contribution < -0.4 is 5.32 Å². The lowest BCUT2D eigenvalue weighted by molar-refractivity contribution is -0.384. The van der Waals surface area contributed by atoms with Crippen molar-refractivity contribution in [2.75, 3.05) is 5.32 Å². The number of nitro groups is 1. The number of carbonyl (C=O) groups is 1. The highest BCUT2D eigenvalue weighted by atomic mass is 32.2. The second kappa shape index (κ2) is 7.82. The number of amides is 1. The van der Waals surface area contributed by atoms with Gasteiger partial charge in [0.2, 0.25) is 5.91 Å². The number of nitrogens with one attached hydrogen (secondary N) is 1. The largest absolute Gasteiger partial charge is 0.310 e. The number of carbonyl (C=O) groups excluding carboxylic acids is 1. The predicted molar refractivity (Wildman–Crippen MR) is 123 cm³/mol. The summed E-state index contributed by atoms with van der Waals surface area (Å²) in [5.41, 5.74) is 2.06. The zero-order chi connectivity index (χ0) is 23.2. The molecular formula is C23H18N4O5S. The fourth-order valence-corrected chi connectivity index (χ4v) is 5.56. The van der Waals surface area contributed by atoms with Crippen molar-refractivity contribution in [2.45, 2.75) is 17.9 Å². The Morgan fingerprint density at radius 3 is 2.52 bits per heavy atom. The summed E-state index contributed by atoms with van der Waals surface area (Å²) < 4.78 is 25.7. The Morgan fingerprint density at radius 1 is 1.03 bits per heavy atom. The van der Waals surface area contributed by atoms with Gasteiger partial charge in [0.1, 0.15) is 5.82 Å². The lowest BCUT2D eigenvalue weighted by Gasteiger charge is -2.12. The van der Waals surface area contributed by atoms with E-state index in [2.05, 4.69) is 10.4 Å². The molecule has 10 heteroatoms. The van der Waals surface area contributed by atoms with Crippen molar-refractivity contribution in [3.05, 3.63) is 93.7 Å². The highest BCUT2D eigenvalue weighted by molar-refractivity contribution is 7.90. The second-order valence-electron chi connectivity index (χ2n) is 7.85. The number of rotatable bonds is 5. The summed E-state index contributed by atoms with van der Waals surface area (Å²) in [4.78, 5) is 23.5. The van der Waals surface area contributed by atoms with Crippen LogP contribution in [0.3, 0.4) is 0 Å². The average molecular weight is 462 g/mol. The van der Waals surface area contributed by atoms with Gasteiger partial charge < -0.3 is 5.32 Å².